The van der Waals surface area contributed by atoms with Crippen LogP contribution >= 0.6 is 11.5 Å². The molecule has 0 aliphatic carbocycles. The highest BCUT2D eigenvalue weighted by atomic mass is 32.1. The predicted octanol–water partition coefficient (Wildman–Crippen LogP) is 3.70. The first kappa shape index (κ1) is 20.4. The molecule has 9 heteroatoms. The van der Waals surface area contributed by atoms with E-state index < -0.39 is 0 Å². The van der Waals surface area contributed by atoms with E-state index in [9.17, 15) is 0 Å². The van der Waals surface area contributed by atoms with Crippen LogP contribution in [0.5, 0.6) is 0 Å². The van der Waals surface area contributed by atoms with E-state index in [1.807, 2.05) is 12.3 Å². The van der Waals surface area contributed by atoms with Gasteiger partial charge in [-0.05, 0) is 25.3 Å². The second-order valence-electron chi connectivity index (χ2n) is 7.49. The minimum Gasteiger partial charge on any atom is -0.462 e. The number of ether oxygens (including phenoxy) is 2. The number of imidazole rings is 1. The lowest BCUT2D eigenvalue weighted by atomic mass is 9.90. The Bertz CT molecular complexity index is 944. The topological polar surface area (TPSA) is 86.1 Å². The lowest BCUT2D eigenvalue weighted by Gasteiger charge is -2.31. The number of rotatable bonds is 11. The third-order valence-electron chi connectivity index (χ3n) is 4.99. The second-order valence-corrected chi connectivity index (χ2v) is 8.24. The van der Waals surface area contributed by atoms with Crippen molar-refractivity contribution in [1.82, 2.24) is 24.2 Å². The zero-order chi connectivity index (χ0) is 20.7. The van der Waals surface area contributed by atoms with Crippen molar-refractivity contribution in [3.05, 3.63) is 66.6 Å². The molecule has 4 rings (SSSR count). The standard InChI is InChI=1S/C21H26N6O2S/c1-21(12-18-14-28-16-29-18,24-13-17-6-3-2-4-7-17)8-5-9-23-20-25-19(26-30-20)27-11-10-22-15-27/h2-4,6-7,10-11,14-15,24H,5,8-9,12-13,16H2,1H3,(H,23,25,26). The molecule has 3 heterocycles. The summed E-state index contributed by atoms with van der Waals surface area (Å²) in [5.41, 5.74) is 1.15. The number of hydrogen-bond acceptors (Lipinski definition) is 8. The molecule has 2 aromatic heterocycles. The molecule has 1 unspecified atom stereocenters. The van der Waals surface area contributed by atoms with E-state index in [4.69, 9.17) is 9.47 Å². The Labute approximate surface area is 180 Å². The Hall–Kier alpha value is -2.91. The van der Waals surface area contributed by atoms with Crippen LogP contribution in [0.2, 0.25) is 0 Å². The molecule has 0 radical (unpaired) electrons. The highest BCUT2D eigenvalue weighted by Gasteiger charge is 2.27. The first-order chi connectivity index (χ1) is 14.7. The van der Waals surface area contributed by atoms with E-state index in [0.717, 1.165) is 43.2 Å². The molecule has 1 atom stereocenters. The zero-order valence-corrected chi connectivity index (χ0v) is 17.8. The molecule has 0 amide bonds. The van der Waals surface area contributed by atoms with Crippen molar-refractivity contribution in [2.45, 2.75) is 38.3 Å². The van der Waals surface area contributed by atoms with Gasteiger partial charge in [-0.15, -0.1) is 0 Å². The Morgan fingerprint density at radius 1 is 1.27 bits per heavy atom. The summed E-state index contributed by atoms with van der Waals surface area (Å²) < 4.78 is 17.0. The van der Waals surface area contributed by atoms with E-state index in [1.165, 1.54) is 17.1 Å². The largest absolute Gasteiger partial charge is 0.462 e. The minimum atomic E-state index is -0.111. The maximum absolute atomic E-state index is 5.57. The summed E-state index contributed by atoms with van der Waals surface area (Å²) >= 11 is 1.36. The number of hydrogen-bond donors (Lipinski definition) is 2. The molecule has 158 valence electrons. The van der Waals surface area contributed by atoms with Gasteiger partial charge in [-0.2, -0.15) is 9.36 Å². The summed E-state index contributed by atoms with van der Waals surface area (Å²) in [6.07, 6.45) is 9.69. The van der Waals surface area contributed by atoms with Crippen LogP contribution in [0, 0.1) is 0 Å². The fraction of sp³-hybridized carbons (Fsp3) is 0.381. The normalized spacial score (nSPS) is 15.2. The van der Waals surface area contributed by atoms with Gasteiger partial charge in [0, 0.05) is 49.0 Å². The highest BCUT2D eigenvalue weighted by molar-refractivity contribution is 7.09. The summed E-state index contributed by atoms with van der Waals surface area (Å²) in [7, 11) is 0. The average Bonchev–Trinajstić information content (AvgIpc) is 3.53. The average molecular weight is 427 g/mol. The van der Waals surface area contributed by atoms with Crippen LogP contribution in [0.25, 0.3) is 5.95 Å². The molecule has 30 heavy (non-hydrogen) atoms. The van der Waals surface area contributed by atoms with Crippen LogP contribution < -0.4 is 10.6 Å². The summed E-state index contributed by atoms with van der Waals surface area (Å²) in [6.45, 7) is 4.17. The Kier molecular flexibility index (Phi) is 6.60. The van der Waals surface area contributed by atoms with Gasteiger partial charge in [-0.3, -0.25) is 4.57 Å². The molecule has 8 nitrogen and oxygen atoms in total. The van der Waals surface area contributed by atoms with Crippen molar-refractivity contribution in [3.63, 3.8) is 0 Å². The molecule has 1 aliphatic heterocycles. The van der Waals surface area contributed by atoms with Gasteiger partial charge in [0.2, 0.25) is 17.9 Å². The SMILES string of the molecule is CC(CCCNc1nc(-n2ccnc2)ns1)(CC1=COCO1)NCc1ccccc1. The fourth-order valence-electron chi connectivity index (χ4n) is 3.34. The second kappa shape index (κ2) is 9.73. The van der Waals surface area contributed by atoms with Crippen LogP contribution in [0.1, 0.15) is 31.7 Å². The number of anilines is 1. The van der Waals surface area contributed by atoms with E-state index in [-0.39, 0.29) is 5.54 Å². The Morgan fingerprint density at radius 3 is 2.93 bits per heavy atom. The molecule has 1 aromatic carbocycles. The van der Waals surface area contributed by atoms with Gasteiger partial charge < -0.3 is 20.1 Å². The van der Waals surface area contributed by atoms with Crippen LogP contribution in [-0.4, -0.2) is 37.8 Å². The number of benzene rings is 1. The van der Waals surface area contributed by atoms with Gasteiger partial charge in [0.1, 0.15) is 18.3 Å². The fourth-order valence-corrected chi connectivity index (χ4v) is 3.93. The molecule has 0 fully saturated rings. The van der Waals surface area contributed by atoms with Crippen molar-refractivity contribution in [1.29, 1.82) is 0 Å². The molecule has 2 N–H and O–H groups in total. The lowest BCUT2D eigenvalue weighted by molar-refractivity contribution is 0.0729. The molecule has 3 aromatic rings. The van der Waals surface area contributed by atoms with E-state index >= 15 is 0 Å². The van der Waals surface area contributed by atoms with Crippen LogP contribution in [0.15, 0.2) is 61.1 Å². The van der Waals surface area contributed by atoms with E-state index in [0.29, 0.717) is 12.7 Å². The zero-order valence-electron chi connectivity index (χ0n) is 17.0. The molecule has 0 spiro atoms. The third kappa shape index (κ3) is 5.58. The minimum absolute atomic E-state index is 0.111. The smallest absolute Gasteiger partial charge is 0.248 e. The van der Waals surface area contributed by atoms with Gasteiger partial charge in [-0.1, -0.05) is 30.3 Å². The van der Waals surface area contributed by atoms with Gasteiger partial charge in [0.25, 0.3) is 0 Å². The first-order valence-electron chi connectivity index (χ1n) is 9.99. The van der Waals surface area contributed by atoms with Gasteiger partial charge in [-0.25, -0.2) is 4.98 Å². The Balaban J connectivity index is 1.29. The van der Waals surface area contributed by atoms with Crippen molar-refractivity contribution >= 4 is 16.7 Å². The number of nitrogens with zero attached hydrogens (tertiary/aromatic N) is 4. The molecule has 0 saturated heterocycles. The molecular formula is C21H26N6O2S. The van der Waals surface area contributed by atoms with Crippen molar-refractivity contribution in [3.8, 4) is 5.95 Å². The van der Waals surface area contributed by atoms with Crippen LogP contribution in [0.3, 0.4) is 0 Å². The molecular weight excluding hydrogens is 400 g/mol. The lowest BCUT2D eigenvalue weighted by Crippen LogP contribution is -2.42. The number of aromatic nitrogens is 4. The van der Waals surface area contributed by atoms with Gasteiger partial charge in [0.15, 0.2) is 0 Å². The summed E-state index contributed by atoms with van der Waals surface area (Å²) in [5.74, 6) is 1.53. The monoisotopic (exact) mass is 426 g/mol. The quantitative estimate of drug-likeness (QED) is 0.452. The highest BCUT2D eigenvalue weighted by Crippen LogP contribution is 2.26. The maximum Gasteiger partial charge on any atom is 0.248 e. The van der Waals surface area contributed by atoms with Gasteiger partial charge >= 0.3 is 0 Å². The summed E-state index contributed by atoms with van der Waals surface area (Å²) in [4.78, 5) is 8.53. The molecule has 0 saturated carbocycles. The number of nitrogens with one attached hydrogen (secondary N) is 2. The van der Waals surface area contributed by atoms with Gasteiger partial charge in [0.05, 0.1) is 0 Å². The maximum atomic E-state index is 5.57. The van der Waals surface area contributed by atoms with Crippen molar-refractivity contribution < 1.29 is 9.47 Å². The van der Waals surface area contributed by atoms with Crippen LogP contribution in [0.4, 0.5) is 5.13 Å². The van der Waals surface area contributed by atoms with E-state index in [2.05, 4.69) is 56.2 Å². The van der Waals surface area contributed by atoms with E-state index in [1.54, 1.807) is 23.4 Å². The third-order valence-corrected chi connectivity index (χ3v) is 5.65. The van der Waals surface area contributed by atoms with Crippen molar-refractivity contribution in [2.24, 2.45) is 0 Å². The predicted molar refractivity (Wildman–Crippen MR) is 116 cm³/mol. The Morgan fingerprint density at radius 2 is 2.17 bits per heavy atom. The summed E-state index contributed by atoms with van der Waals surface area (Å²) in [6, 6.07) is 10.4. The first-order valence-corrected chi connectivity index (χ1v) is 10.8. The summed E-state index contributed by atoms with van der Waals surface area (Å²) in [5, 5.41) is 7.91. The van der Waals surface area contributed by atoms with Crippen LogP contribution in [-0.2, 0) is 16.0 Å². The van der Waals surface area contributed by atoms with Crippen molar-refractivity contribution in [2.75, 3.05) is 18.7 Å². The molecule has 1 aliphatic rings. The molecule has 0 bridgehead atoms.